The summed E-state index contributed by atoms with van der Waals surface area (Å²) in [5.41, 5.74) is 7.49. The third-order valence-corrected chi connectivity index (χ3v) is 11.5. The molecule has 5 aromatic carbocycles. The van der Waals surface area contributed by atoms with Crippen LogP contribution in [0.3, 0.4) is 0 Å². The van der Waals surface area contributed by atoms with E-state index >= 15 is 0 Å². The lowest BCUT2D eigenvalue weighted by molar-refractivity contribution is 0.125. The van der Waals surface area contributed by atoms with Crippen molar-refractivity contribution in [3.05, 3.63) is 143 Å². The number of pyridine rings is 1. The highest BCUT2D eigenvalue weighted by Crippen LogP contribution is 2.62. The van der Waals surface area contributed by atoms with E-state index in [1.165, 1.54) is 5.56 Å². The summed E-state index contributed by atoms with van der Waals surface area (Å²) in [4.78, 5) is 29.4. The highest BCUT2D eigenvalue weighted by molar-refractivity contribution is 5.98. The third-order valence-electron chi connectivity index (χ3n) is 11.5. The van der Waals surface area contributed by atoms with Gasteiger partial charge in [-0.2, -0.15) is 0 Å². The molecule has 5 nitrogen and oxygen atoms in total. The van der Waals surface area contributed by atoms with E-state index in [2.05, 4.69) is 70.4 Å². The second-order valence-electron chi connectivity index (χ2n) is 14.5. The molecular weight excluding hydrogens is 589 g/mol. The van der Waals surface area contributed by atoms with Crippen molar-refractivity contribution < 1.29 is 0 Å². The van der Waals surface area contributed by atoms with Gasteiger partial charge in [-0.1, -0.05) is 133 Å². The fourth-order valence-electron chi connectivity index (χ4n) is 7.73. The zero-order valence-corrected chi connectivity index (χ0v) is 28.2. The number of aromatic nitrogens is 4. The van der Waals surface area contributed by atoms with Crippen LogP contribution in [0.15, 0.2) is 126 Å². The average Bonchev–Trinajstić information content (AvgIpc) is 3.22. The van der Waals surface area contributed by atoms with Crippen molar-refractivity contribution in [1.29, 1.82) is 0 Å². The van der Waals surface area contributed by atoms with Crippen molar-refractivity contribution in [2.24, 2.45) is 5.41 Å². The molecule has 1 aliphatic carbocycles. The molecule has 0 bridgehead atoms. The Labute approximate surface area is 281 Å². The Morgan fingerprint density at radius 3 is 1.69 bits per heavy atom. The molecule has 0 atom stereocenters. The van der Waals surface area contributed by atoms with Crippen LogP contribution in [0.2, 0.25) is 0 Å². The van der Waals surface area contributed by atoms with E-state index in [1.54, 1.807) is 0 Å². The van der Waals surface area contributed by atoms with Gasteiger partial charge in [-0.25, -0.2) is 15.0 Å². The van der Waals surface area contributed by atoms with Gasteiger partial charge in [0.15, 0.2) is 22.9 Å². The van der Waals surface area contributed by atoms with Crippen molar-refractivity contribution >= 4 is 21.8 Å². The smallest absolute Gasteiger partial charge is 0.197 e. The SMILES string of the molecule is CC1(C)c2ccc3c(c2C(C)(C)C1(C)C)c(=O)c1ccccc1n3-c1cccc(-c2nc(-c3ccccc3)nc(-c3ccccc3)n2)c1. The fourth-order valence-corrected chi connectivity index (χ4v) is 7.73. The predicted molar refractivity (Wildman–Crippen MR) is 197 cm³/mol. The zero-order chi connectivity index (χ0) is 33.4. The third kappa shape index (κ3) is 4.23. The Morgan fingerprint density at radius 1 is 0.521 bits per heavy atom. The molecule has 8 rings (SSSR count). The second-order valence-corrected chi connectivity index (χ2v) is 14.5. The van der Waals surface area contributed by atoms with Crippen LogP contribution in [0.1, 0.15) is 52.7 Å². The first kappa shape index (κ1) is 29.9. The largest absolute Gasteiger partial charge is 0.309 e. The quantitative estimate of drug-likeness (QED) is 0.183. The molecule has 0 N–H and O–H groups in total. The van der Waals surface area contributed by atoms with Gasteiger partial charge in [0, 0.05) is 27.8 Å². The van der Waals surface area contributed by atoms with Gasteiger partial charge in [-0.3, -0.25) is 4.79 Å². The lowest BCUT2D eigenvalue weighted by atomic mass is 9.59. The Hall–Kier alpha value is -5.42. The highest BCUT2D eigenvalue weighted by Gasteiger charge is 2.57. The number of nitrogens with zero attached hydrogens (tertiary/aromatic N) is 4. The van der Waals surface area contributed by atoms with E-state index in [0.717, 1.165) is 44.4 Å². The minimum absolute atomic E-state index is 0.0783. The van der Waals surface area contributed by atoms with E-state index in [0.29, 0.717) is 22.9 Å². The normalized spacial score (nSPS) is 15.9. The summed E-state index contributed by atoms with van der Waals surface area (Å²) in [7, 11) is 0. The standard InChI is InChI=1S/C43H38N4O/c1-41(2)32-24-25-34-35(36(32)42(3,4)43(41,5)6)37(48)31-22-13-14-23-33(31)47(34)30-21-15-20-29(26-30)40-45-38(27-16-9-7-10-17-27)44-39(46-40)28-18-11-8-12-19-28/h7-26H,1-6H3. The summed E-state index contributed by atoms with van der Waals surface area (Å²) in [6.45, 7) is 13.9. The first-order valence-corrected chi connectivity index (χ1v) is 16.6. The van der Waals surface area contributed by atoms with Crippen molar-refractivity contribution in [2.45, 2.75) is 52.4 Å². The monoisotopic (exact) mass is 626 g/mol. The first-order chi connectivity index (χ1) is 23.0. The van der Waals surface area contributed by atoms with Crippen LogP contribution in [-0.2, 0) is 10.8 Å². The highest BCUT2D eigenvalue weighted by atomic mass is 16.1. The lowest BCUT2D eigenvalue weighted by Crippen LogP contribution is -2.42. The molecule has 2 aromatic heterocycles. The van der Waals surface area contributed by atoms with Crippen LogP contribution in [0.5, 0.6) is 0 Å². The van der Waals surface area contributed by atoms with Crippen LogP contribution in [0.4, 0.5) is 0 Å². The van der Waals surface area contributed by atoms with Crippen molar-refractivity contribution in [3.63, 3.8) is 0 Å². The number of para-hydroxylation sites is 1. The minimum Gasteiger partial charge on any atom is -0.309 e. The van der Waals surface area contributed by atoms with Crippen LogP contribution >= 0.6 is 0 Å². The van der Waals surface area contributed by atoms with Gasteiger partial charge in [-0.15, -0.1) is 0 Å². The first-order valence-electron chi connectivity index (χ1n) is 16.6. The molecule has 2 heterocycles. The van der Waals surface area contributed by atoms with Crippen LogP contribution in [0.25, 0.3) is 61.7 Å². The lowest BCUT2D eigenvalue weighted by Gasteiger charge is -2.44. The van der Waals surface area contributed by atoms with Crippen LogP contribution in [-0.4, -0.2) is 19.5 Å². The molecule has 48 heavy (non-hydrogen) atoms. The Kier molecular flexibility index (Phi) is 6.58. The van der Waals surface area contributed by atoms with Gasteiger partial charge in [0.2, 0.25) is 0 Å². The summed E-state index contributed by atoms with van der Waals surface area (Å²) in [6, 6.07) is 40.7. The molecule has 7 aromatic rings. The minimum atomic E-state index is -0.237. The molecule has 0 saturated heterocycles. The summed E-state index contributed by atoms with van der Waals surface area (Å²) in [5.74, 6) is 1.82. The van der Waals surface area contributed by atoms with Gasteiger partial charge in [-0.05, 0) is 57.7 Å². The van der Waals surface area contributed by atoms with Gasteiger partial charge in [0.05, 0.1) is 16.4 Å². The molecule has 0 radical (unpaired) electrons. The second kappa shape index (κ2) is 10.5. The van der Waals surface area contributed by atoms with Crippen molar-refractivity contribution in [3.8, 4) is 39.9 Å². The van der Waals surface area contributed by atoms with Crippen molar-refractivity contribution in [1.82, 2.24) is 19.5 Å². The van der Waals surface area contributed by atoms with E-state index in [4.69, 9.17) is 15.0 Å². The molecular formula is C43H38N4O. The molecule has 1 aliphatic rings. The summed E-state index contributed by atoms with van der Waals surface area (Å²) >= 11 is 0. The van der Waals surface area contributed by atoms with E-state index in [9.17, 15) is 4.79 Å². The predicted octanol–water partition coefficient (Wildman–Crippen LogP) is 9.92. The molecule has 0 aliphatic heterocycles. The number of hydrogen-bond donors (Lipinski definition) is 0. The Balaban J connectivity index is 1.40. The zero-order valence-electron chi connectivity index (χ0n) is 28.2. The van der Waals surface area contributed by atoms with Crippen LogP contribution < -0.4 is 5.43 Å². The van der Waals surface area contributed by atoms with E-state index in [-0.39, 0.29) is 21.7 Å². The number of fused-ring (bicyclic) bond motifs is 4. The molecule has 0 saturated carbocycles. The molecule has 0 amide bonds. The topological polar surface area (TPSA) is 60.7 Å². The molecule has 236 valence electrons. The maximum absolute atomic E-state index is 14.5. The van der Waals surface area contributed by atoms with Crippen molar-refractivity contribution in [2.75, 3.05) is 0 Å². The average molecular weight is 627 g/mol. The molecule has 0 spiro atoms. The number of benzene rings is 5. The molecule has 5 heteroatoms. The van der Waals surface area contributed by atoms with Gasteiger partial charge in [0.25, 0.3) is 0 Å². The van der Waals surface area contributed by atoms with E-state index in [1.807, 2.05) is 97.1 Å². The molecule has 0 fully saturated rings. The number of rotatable bonds is 4. The summed E-state index contributed by atoms with van der Waals surface area (Å²) in [6.07, 6.45) is 0. The van der Waals surface area contributed by atoms with Gasteiger partial charge >= 0.3 is 0 Å². The van der Waals surface area contributed by atoms with E-state index < -0.39 is 0 Å². The van der Waals surface area contributed by atoms with Crippen LogP contribution in [0, 0.1) is 5.41 Å². The maximum atomic E-state index is 14.5. The number of hydrogen-bond acceptors (Lipinski definition) is 4. The fraction of sp³-hybridized carbons (Fsp3) is 0.209. The van der Waals surface area contributed by atoms with Gasteiger partial charge in [0.1, 0.15) is 0 Å². The Morgan fingerprint density at radius 2 is 1.06 bits per heavy atom. The molecule has 0 unspecified atom stereocenters. The van der Waals surface area contributed by atoms with Gasteiger partial charge < -0.3 is 4.57 Å². The summed E-state index contributed by atoms with van der Waals surface area (Å²) in [5, 5.41) is 1.51. The Bertz CT molecular complexity index is 2380. The maximum Gasteiger partial charge on any atom is 0.197 e. The summed E-state index contributed by atoms with van der Waals surface area (Å²) < 4.78 is 2.24.